The van der Waals surface area contributed by atoms with Crippen molar-refractivity contribution in [1.82, 2.24) is 5.32 Å². The lowest BCUT2D eigenvalue weighted by Gasteiger charge is -2.13. The molecule has 7 nitrogen and oxygen atoms in total. The molecule has 0 radical (unpaired) electrons. The van der Waals surface area contributed by atoms with Gasteiger partial charge in [0.25, 0.3) is 5.91 Å². The van der Waals surface area contributed by atoms with Gasteiger partial charge >= 0.3 is 5.97 Å². The molecule has 0 aliphatic carbocycles. The minimum absolute atomic E-state index is 0.165. The van der Waals surface area contributed by atoms with Crippen LogP contribution in [0.5, 0.6) is 0 Å². The number of nitrogens with zero attached hydrogens (tertiary/aromatic N) is 1. The Bertz CT molecular complexity index is 937. The Morgan fingerprint density at radius 3 is 2.32 bits per heavy atom. The van der Waals surface area contributed by atoms with Crippen molar-refractivity contribution < 1.29 is 22.7 Å². The summed E-state index contributed by atoms with van der Waals surface area (Å²) in [5, 5.41) is 2.69. The molecular weight excluding hydrogens is 380 g/mol. The Hall–Kier alpha value is -2.87. The summed E-state index contributed by atoms with van der Waals surface area (Å²) in [6, 6.07) is 13.9. The first-order valence-electron chi connectivity index (χ1n) is 8.61. The van der Waals surface area contributed by atoms with E-state index in [1.807, 2.05) is 43.3 Å². The number of nitrogens with one attached hydrogen (secondary N) is 1. The largest absolute Gasteiger partial charge is 0.452 e. The summed E-state index contributed by atoms with van der Waals surface area (Å²) in [6.45, 7) is -0.0845. The Labute approximate surface area is 165 Å². The number of benzene rings is 2. The van der Waals surface area contributed by atoms with Gasteiger partial charge in [-0.15, -0.1) is 0 Å². The molecule has 0 bridgehead atoms. The van der Waals surface area contributed by atoms with E-state index in [2.05, 4.69) is 5.32 Å². The standard InChI is InChI=1S/C20H24N2O5S/c1-22(2)18-9-7-15(8-10-18)12-21-19(23)13-27-20(24)17-6-4-5-16(11-17)14-28(3,25)26/h4-11H,12-14H2,1-3H3,(H,21,23). The van der Waals surface area contributed by atoms with E-state index in [9.17, 15) is 18.0 Å². The van der Waals surface area contributed by atoms with E-state index in [1.54, 1.807) is 12.1 Å². The first-order valence-corrected chi connectivity index (χ1v) is 10.7. The van der Waals surface area contributed by atoms with E-state index < -0.39 is 28.3 Å². The maximum atomic E-state index is 12.1. The number of sulfone groups is 1. The molecule has 0 heterocycles. The lowest BCUT2D eigenvalue weighted by atomic mass is 10.1. The topological polar surface area (TPSA) is 92.8 Å². The third-order valence-electron chi connectivity index (χ3n) is 3.87. The summed E-state index contributed by atoms with van der Waals surface area (Å²) in [5.74, 6) is -1.26. The van der Waals surface area contributed by atoms with Gasteiger partial charge in [-0.25, -0.2) is 13.2 Å². The normalized spacial score (nSPS) is 11.0. The van der Waals surface area contributed by atoms with Crippen LogP contribution in [0.4, 0.5) is 5.69 Å². The monoisotopic (exact) mass is 404 g/mol. The molecule has 0 unspecified atom stereocenters. The Balaban J connectivity index is 1.83. The molecule has 28 heavy (non-hydrogen) atoms. The molecule has 0 spiro atoms. The number of ether oxygens (including phenoxy) is 1. The molecule has 8 heteroatoms. The summed E-state index contributed by atoms with van der Waals surface area (Å²) in [7, 11) is 0.687. The number of carbonyl (C=O) groups excluding carboxylic acids is 2. The van der Waals surface area contributed by atoms with E-state index in [0.717, 1.165) is 17.5 Å². The zero-order valence-corrected chi connectivity index (χ0v) is 17.0. The maximum absolute atomic E-state index is 12.1. The summed E-state index contributed by atoms with van der Waals surface area (Å²) in [6.07, 6.45) is 1.12. The average molecular weight is 404 g/mol. The summed E-state index contributed by atoms with van der Waals surface area (Å²) >= 11 is 0. The molecule has 0 aromatic heterocycles. The molecule has 1 N–H and O–H groups in total. The van der Waals surface area contributed by atoms with Gasteiger partial charge in [0.1, 0.15) is 0 Å². The van der Waals surface area contributed by atoms with Gasteiger partial charge in [0.2, 0.25) is 0 Å². The Morgan fingerprint density at radius 2 is 1.71 bits per heavy atom. The molecule has 2 rings (SSSR count). The van der Waals surface area contributed by atoms with Crippen molar-refractivity contribution >= 4 is 27.4 Å². The minimum atomic E-state index is -3.21. The second-order valence-electron chi connectivity index (χ2n) is 6.68. The number of rotatable bonds is 8. The number of hydrogen-bond acceptors (Lipinski definition) is 6. The van der Waals surface area contributed by atoms with E-state index in [0.29, 0.717) is 12.1 Å². The fourth-order valence-electron chi connectivity index (χ4n) is 2.47. The summed E-state index contributed by atoms with van der Waals surface area (Å²) in [4.78, 5) is 26.0. The number of anilines is 1. The lowest BCUT2D eigenvalue weighted by molar-refractivity contribution is -0.124. The van der Waals surface area contributed by atoms with Crippen LogP contribution in [-0.2, 0) is 31.7 Å². The highest BCUT2D eigenvalue weighted by atomic mass is 32.2. The second kappa shape index (κ2) is 9.36. The lowest BCUT2D eigenvalue weighted by Crippen LogP contribution is -2.28. The SMILES string of the molecule is CN(C)c1ccc(CNC(=O)COC(=O)c2cccc(CS(C)(=O)=O)c2)cc1. The minimum Gasteiger partial charge on any atom is -0.452 e. The van der Waals surface area contributed by atoms with Crippen molar-refractivity contribution in [1.29, 1.82) is 0 Å². The van der Waals surface area contributed by atoms with Crippen LogP contribution in [0.2, 0.25) is 0 Å². The van der Waals surface area contributed by atoms with Gasteiger partial charge in [-0.1, -0.05) is 24.3 Å². The zero-order valence-electron chi connectivity index (χ0n) is 16.1. The molecule has 0 saturated carbocycles. The zero-order chi connectivity index (χ0) is 20.7. The summed E-state index contributed by atoms with van der Waals surface area (Å²) in [5.41, 5.74) is 2.68. The smallest absolute Gasteiger partial charge is 0.338 e. The van der Waals surface area contributed by atoms with Crippen LogP contribution < -0.4 is 10.2 Å². The van der Waals surface area contributed by atoms with Gasteiger partial charge in [-0.05, 0) is 35.4 Å². The van der Waals surface area contributed by atoms with Crippen molar-refractivity contribution in [2.24, 2.45) is 0 Å². The fourth-order valence-corrected chi connectivity index (χ4v) is 3.25. The number of esters is 1. The second-order valence-corrected chi connectivity index (χ2v) is 8.82. The molecular formula is C20H24N2O5S. The number of carbonyl (C=O) groups is 2. The molecule has 0 aliphatic heterocycles. The van der Waals surface area contributed by atoms with Gasteiger partial charge < -0.3 is 15.0 Å². The van der Waals surface area contributed by atoms with Gasteiger partial charge in [0.15, 0.2) is 16.4 Å². The third-order valence-corrected chi connectivity index (χ3v) is 4.73. The van der Waals surface area contributed by atoms with Gasteiger partial charge in [-0.2, -0.15) is 0 Å². The average Bonchev–Trinajstić information content (AvgIpc) is 2.63. The quantitative estimate of drug-likeness (QED) is 0.674. The molecule has 0 aliphatic rings. The highest BCUT2D eigenvalue weighted by Crippen LogP contribution is 2.12. The molecule has 0 saturated heterocycles. The molecule has 0 atom stereocenters. The van der Waals surface area contributed by atoms with Crippen molar-refractivity contribution in [3.8, 4) is 0 Å². The molecule has 2 aromatic rings. The fraction of sp³-hybridized carbons (Fsp3) is 0.300. The molecule has 2 aromatic carbocycles. The van der Waals surface area contributed by atoms with Crippen molar-refractivity contribution in [2.75, 3.05) is 31.9 Å². The number of amides is 1. The van der Waals surface area contributed by atoms with E-state index in [1.165, 1.54) is 12.1 Å². The Morgan fingerprint density at radius 1 is 1.04 bits per heavy atom. The van der Waals surface area contributed by atoms with Crippen LogP contribution in [0.3, 0.4) is 0 Å². The molecule has 150 valence electrons. The van der Waals surface area contributed by atoms with E-state index in [4.69, 9.17) is 4.74 Å². The Kier molecular flexibility index (Phi) is 7.17. The first kappa shape index (κ1) is 21.4. The maximum Gasteiger partial charge on any atom is 0.338 e. The van der Waals surface area contributed by atoms with Gasteiger partial charge in [0, 0.05) is 32.6 Å². The van der Waals surface area contributed by atoms with Crippen LogP contribution >= 0.6 is 0 Å². The number of hydrogen-bond donors (Lipinski definition) is 1. The highest BCUT2D eigenvalue weighted by molar-refractivity contribution is 7.89. The van der Waals surface area contributed by atoms with Crippen LogP contribution in [0, 0.1) is 0 Å². The van der Waals surface area contributed by atoms with Crippen LogP contribution in [0.15, 0.2) is 48.5 Å². The first-order chi connectivity index (χ1) is 13.1. The molecule has 0 fully saturated rings. The van der Waals surface area contributed by atoms with Gasteiger partial charge in [-0.3, -0.25) is 4.79 Å². The van der Waals surface area contributed by atoms with Crippen molar-refractivity contribution in [2.45, 2.75) is 12.3 Å². The highest BCUT2D eigenvalue weighted by Gasteiger charge is 2.12. The van der Waals surface area contributed by atoms with Gasteiger partial charge in [0.05, 0.1) is 11.3 Å². The summed E-state index contributed by atoms with van der Waals surface area (Å²) < 4.78 is 27.7. The van der Waals surface area contributed by atoms with Crippen molar-refractivity contribution in [3.63, 3.8) is 0 Å². The van der Waals surface area contributed by atoms with Crippen LogP contribution in [0.1, 0.15) is 21.5 Å². The van der Waals surface area contributed by atoms with Crippen LogP contribution in [-0.4, -0.2) is 47.3 Å². The van der Waals surface area contributed by atoms with E-state index >= 15 is 0 Å². The predicted molar refractivity (Wildman–Crippen MR) is 108 cm³/mol. The third kappa shape index (κ3) is 7.03. The van der Waals surface area contributed by atoms with Crippen molar-refractivity contribution in [3.05, 3.63) is 65.2 Å². The predicted octanol–water partition coefficient (Wildman–Crippen LogP) is 1.77. The van der Waals surface area contributed by atoms with Crippen LogP contribution in [0.25, 0.3) is 0 Å². The molecule has 1 amide bonds. The van der Waals surface area contributed by atoms with E-state index in [-0.39, 0.29) is 11.3 Å².